The lowest BCUT2D eigenvalue weighted by atomic mass is 10.1. The maximum absolute atomic E-state index is 11.5. The van der Waals surface area contributed by atoms with E-state index in [1.807, 2.05) is 30.3 Å². The summed E-state index contributed by atoms with van der Waals surface area (Å²) in [5, 5.41) is 0. The molecule has 2 N–H and O–H groups in total. The molecule has 0 aliphatic carbocycles. The van der Waals surface area contributed by atoms with Crippen LogP contribution >= 0.6 is 7.60 Å². The first-order valence-corrected chi connectivity index (χ1v) is 7.37. The summed E-state index contributed by atoms with van der Waals surface area (Å²) in [6, 6.07) is 9.46. The Balaban J connectivity index is 2.20. The van der Waals surface area contributed by atoms with E-state index in [1.165, 1.54) is 0 Å². The lowest BCUT2D eigenvalue weighted by molar-refractivity contribution is -0.118. The lowest BCUT2D eigenvalue weighted by Crippen LogP contribution is -2.02. The first kappa shape index (κ1) is 14.1. The van der Waals surface area contributed by atoms with Crippen molar-refractivity contribution in [1.29, 1.82) is 0 Å². The minimum atomic E-state index is -3.90. The molecule has 0 unspecified atom stereocenters. The van der Waals surface area contributed by atoms with Crippen LogP contribution in [0.5, 0.6) is 0 Å². The fourth-order valence-corrected chi connectivity index (χ4v) is 2.19. The monoisotopic (exact) mass is 256 g/mol. The van der Waals surface area contributed by atoms with E-state index in [0.29, 0.717) is 25.7 Å². The Morgan fingerprint density at radius 3 is 2.35 bits per heavy atom. The van der Waals surface area contributed by atoms with Crippen LogP contribution in [-0.4, -0.2) is 21.7 Å². The fourth-order valence-electron chi connectivity index (χ4n) is 1.55. The molecule has 0 fully saturated rings. The Bertz CT molecular complexity index is 396. The van der Waals surface area contributed by atoms with Crippen molar-refractivity contribution in [1.82, 2.24) is 0 Å². The SMILES string of the molecule is O=C(CCCCP(=O)(O)O)Cc1ccccc1. The van der Waals surface area contributed by atoms with Gasteiger partial charge in [0.05, 0.1) is 0 Å². The maximum atomic E-state index is 11.5. The van der Waals surface area contributed by atoms with Crippen LogP contribution in [0.3, 0.4) is 0 Å². The van der Waals surface area contributed by atoms with Crippen LogP contribution in [0.15, 0.2) is 30.3 Å². The van der Waals surface area contributed by atoms with Crippen LogP contribution < -0.4 is 0 Å². The van der Waals surface area contributed by atoms with E-state index < -0.39 is 7.60 Å². The second-order valence-electron chi connectivity index (χ2n) is 4.05. The maximum Gasteiger partial charge on any atom is 0.325 e. The van der Waals surface area contributed by atoms with Crippen molar-refractivity contribution in [2.24, 2.45) is 0 Å². The topological polar surface area (TPSA) is 74.6 Å². The molecule has 1 rings (SSSR count). The number of rotatable bonds is 7. The molecule has 0 heterocycles. The third kappa shape index (κ3) is 7.05. The number of Topliss-reactive ketones (excluding diaryl/α,β-unsaturated/α-hetero) is 1. The number of ketones is 1. The van der Waals surface area contributed by atoms with Crippen LogP contribution in [-0.2, 0) is 15.8 Å². The average Bonchev–Trinajstić information content (AvgIpc) is 2.25. The Hall–Kier alpha value is -0.960. The van der Waals surface area contributed by atoms with Crippen molar-refractivity contribution in [3.8, 4) is 0 Å². The molecule has 0 bridgehead atoms. The summed E-state index contributed by atoms with van der Waals surface area (Å²) in [7, 11) is -3.90. The van der Waals surface area contributed by atoms with Crippen LogP contribution in [0, 0.1) is 0 Å². The minimum absolute atomic E-state index is 0.113. The Morgan fingerprint density at radius 1 is 1.12 bits per heavy atom. The van der Waals surface area contributed by atoms with Gasteiger partial charge in [-0.25, -0.2) is 0 Å². The predicted octanol–water partition coefficient (Wildman–Crippen LogP) is 2.15. The van der Waals surface area contributed by atoms with E-state index in [2.05, 4.69) is 0 Å². The summed E-state index contributed by atoms with van der Waals surface area (Å²) < 4.78 is 10.6. The van der Waals surface area contributed by atoms with Crippen LogP contribution in [0.25, 0.3) is 0 Å². The first-order chi connectivity index (χ1) is 7.97. The molecular weight excluding hydrogens is 239 g/mol. The number of benzene rings is 1. The predicted molar refractivity (Wildman–Crippen MR) is 65.9 cm³/mol. The number of unbranched alkanes of at least 4 members (excludes halogenated alkanes) is 1. The van der Waals surface area contributed by atoms with E-state index in [4.69, 9.17) is 9.79 Å². The molecule has 0 atom stereocenters. The van der Waals surface area contributed by atoms with E-state index in [-0.39, 0.29) is 11.9 Å². The summed E-state index contributed by atoms with van der Waals surface area (Å²) in [6.07, 6.45) is 1.58. The van der Waals surface area contributed by atoms with Crippen molar-refractivity contribution in [2.75, 3.05) is 6.16 Å². The van der Waals surface area contributed by atoms with E-state index in [9.17, 15) is 9.36 Å². The van der Waals surface area contributed by atoms with Gasteiger partial charge in [0.15, 0.2) is 0 Å². The van der Waals surface area contributed by atoms with E-state index >= 15 is 0 Å². The lowest BCUT2D eigenvalue weighted by Gasteiger charge is -2.03. The third-order valence-electron chi connectivity index (χ3n) is 2.40. The summed E-state index contributed by atoms with van der Waals surface area (Å²) in [5.41, 5.74) is 0.979. The standard InChI is InChI=1S/C12H17O4P/c13-12(8-4-5-9-17(14,15)16)10-11-6-2-1-3-7-11/h1-3,6-7H,4-5,8-10H2,(H2,14,15,16). The molecule has 94 valence electrons. The normalized spacial score (nSPS) is 11.4. The highest BCUT2D eigenvalue weighted by Crippen LogP contribution is 2.35. The third-order valence-corrected chi connectivity index (χ3v) is 3.30. The van der Waals surface area contributed by atoms with Crippen LogP contribution in [0.4, 0.5) is 0 Å². The molecular formula is C12H17O4P. The second-order valence-corrected chi connectivity index (χ2v) is 5.82. The molecule has 5 heteroatoms. The van der Waals surface area contributed by atoms with Crippen molar-refractivity contribution in [2.45, 2.75) is 25.7 Å². The molecule has 0 amide bonds. The Labute approximate surface area is 101 Å². The molecule has 0 saturated heterocycles. The smallest absolute Gasteiger partial charge is 0.324 e. The quantitative estimate of drug-likeness (QED) is 0.579. The summed E-state index contributed by atoms with van der Waals surface area (Å²) >= 11 is 0. The van der Waals surface area contributed by atoms with Gasteiger partial charge in [-0.15, -0.1) is 0 Å². The first-order valence-electron chi connectivity index (χ1n) is 5.57. The minimum Gasteiger partial charge on any atom is -0.324 e. The molecule has 0 saturated carbocycles. The molecule has 0 aliphatic heterocycles. The summed E-state index contributed by atoms with van der Waals surface area (Å²) in [5.74, 6) is 0.113. The van der Waals surface area contributed by atoms with E-state index in [1.54, 1.807) is 0 Å². The molecule has 0 aliphatic rings. The van der Waals surface area contributed by atoms with E-state index in [0.717, 1.165) is 5.56 Å². The number of carbonyl (C=O) groups excluding carboxylic acids is 1. The van der Waals surface area contributed by atoms with Gasteiger partial charge < -0.3 is 9.79 Å². The van der Waals surface area contributed by atoms with Gasteiger partial charge in [0, 0.05) is 19.0 Å². The van der Waals surface area contributed by atoms with Gasteiger partial charge in [0.25, 0.3) is 0 Å². The fraction of sp³-hybridized carbons (Fsp3) is 0.417. The highest BCUT2D eigenvalue weighted by molar-refractivity contribution is 7.51. The molecule has 4 nitrogen and oxygen atoms in total. The summed E-state index contributed by atoms with van der Waals surface area (Å²) in [4.78, 5) is 28.8. The number of hydrogen-bond donors (Lipinski definition) is 2. The average molecular weight is 256 g/mol. The van der Waals surface area contributed by atoms with Crippen LogP contribution in [0.1, 0.15) is 24.8 Å². The highest BCUT2D eigenvalue weighted by atomic mass is 31.2. The second kappa shape index (κ2) is 6.70. The van der Waals surface area contributed by atoms with Gasteiger partial charge in [0.1, 0.15) is 5.78 Å². The largest absolute Gasteiger partial charge is 0.325 e. The molecule has 17 heavy (non-hydrogen) atoms. The van der Waals surface area contributed by atoms with Crippen LogP contribution in [0.2, 0.25) is 0 Å². The zero-order chi connectivity index (χ0) is 12.7. The van der Waals surface area contributed by atoms with Crippen molar-refractivity contribution in [3.05, 3.63) is 35.9 Å². The molecule has 0 aromatic heterocycles. The zero-order valence-corrected chi connectivity index (χ0v) is 10.5. The van der Waals surface area contributed by atoms with Gasteiger partial charge >= 0.3 is 7.60 Å². The summed E-state index contributed by atoms with van der Waals surface area (Å²) in [6.45, 7) is 0. The Kier molecular flexibility index (Phi) is 5.56. The van der Waals surface area contributed by atoms with Gasteiger partial charge in [-0.1, -0.05) is 30.3 Å². The molecule has 0 radical (unpaired) electrons. The van der Waals surface area contributed by atoms with Crippen molar-refractivity contribution >= 4 is 13.4 Å². The molecule has 1 aromatic rings. The Morgan fingerprint density at radius 2 is 1.76 bits per heavy atom. The molecule has 1 aromatic carbocycles. The number of hydrogen-bond acceptors (Lipinski definition) is 2. The van der Waals surface area contributed by atoms with Gasteiger partial charge in [-0.3, -0.25) is 9.36 Å². The molecule has 0 spiro atoms. The highest BCUT2D eigenvalue weighted by Gasteiger charge is 2.12. The van der Waals surface area contributed by atoms with Crippen molar-refractivity contribution in [3.63, 3.8) is 0 Å². The van der Waals surface area contributed by atoms with Gasteiger partial charge in [-0.05, 0) is 18.4 Å². The van der Waals surface area contributed by atoms with Gasteiger partial charge in [0.2, 0.25) is 0 Å². The van der Waals surface area contributed by atoms with Gasteiger partial charge in [-0.2, -0.15) is 0 Å². The number of carbonyl (C=O) groups is 1. The zero-order valence-electron chi connectivity index (χ0n) is 9.58. The van der Waals surface area contributed by atoms with Crippen molar-refractivity contribution < 1.29 is 19.1 Å².